The number of carbonyl (C=O) groups is 1. The molecule has 0 bridgehead atoms. The lowest BCUT2D eigenvalue weighted by Gasteiger charge is -2.19. The van der Waals surface area contributed by atoms with Crippen LogP contribution in [0.4, 0.5) is 19.0 Å². The first kappa shape index (κ1) is 40.6. The minimum atomic E-state index is -4.27. The SMILES string of the molecule is CN(CCCCC1CNC(C)(C)C1)c1ccc(S(=O)(=O)NC(=O)c2ccc(-n3ccc(OCCC4(C(F)(F)F)CC4)n3)nc2Cl)cn1.Cl.Cl. The number of aromatic nitrogens is 4. The van der Waals surface area contributed by atoms with Crippen LogP contribution >= 0.6 is 36.4 Å². The molecular formula is C31H41Cl3F3N7O4S. The van der Waals surface area contributed by atoms with Gasteiger partial charge in [-0.25, -0.2) is 27.8 Å². The summed E-state index contributed by atoms with van der Waals surface area (Å²) in [5, 5.41) is 7.41. The van der Waals surface area contributed by atoms with Crippen molar-refractivity contribution in [1.82, 2.24) is 29.8 Å². The van der Waals surface area contributed by atoms with Crippen molar-refractivity contribution in [1.29, 1.82) is 0 Å². The maximum atomic E-state index is 13.1. The molecule has 5 rings (SSSR count). The topological polar surface area (TPSA) is 131 Å². The second kappa shape index (κ2) is 16.0. The molecule has 4 heterocycles. The fourth-order valence-electron chi connectivity index (χ4n) is 5.79. The van der Waals surface area contributed by atoms with Gasteiger partial charge < -0.3 is 15.0 Å². The van der Waals surface area contributed by atoms with Crippen molar-refractivity contribution in [2.45, 2.75) is 75.4 Å². The third-order valence-electron chi connectivity index (χ3n) is 8.84. The third kappa shape index (κ3) is 10.1. The first-order valence-corrected chi connectivity index (χ1v) is 17.4. The summed E-state index contributed by atoms with van der Waals surface area (Å²) in [6.07, 6.45) is 2.85. The maximum absolute atomic E-state index is 13.1. The highest BCUT2D eigenvalue weighted by Gasteiger charge is 2.62. The number of rotatable bonds is 14. The number of hydrogen-bond acceptors (Lipinski definition) is 9. The minimum absolute atomic E-state index is 0. The van der Waals surface area contributed by atoms with Gasteiger partial charge in [-0.05, 0) is 89.1 Å². The normalized spacial score (nSPS) is 17.8. The van der Waals surface area contributed by atoms with E-state index >= 15 is 0 Å². The summed E-state index contributed by atoms with van der Waals surface area (Å²) < 4.78 is 73.9. The smallest absolute Gasteiger partial charge is 0.394 e. The molecule has 1 atom stereocenters. The Kier molecular flexibility index (Phi) is 13.3. The van der Waals surface area contributed by atoms with E-state index in [0.717, 1.165) is 32.4 Å². The Morgan fingerprint density at radius 2 is 1.90 bits per heavy atom. The van der Waals surface area contributed by atoms with Gasteiger partial charge in [0.05, 0.1) is 17.6 Å². The molecule has 1 saturated carbocycles. The Morgan fingerprint density at radius 3 is 2.49 bits per heavy atom. The molecule has 3 aromatic rings. The zero-order chi connectivity index (χ0) is 34.0. The molecular weight excluding hydrogens is 730 g/mol. The van der Waals surface area contributed by atoms with E-state index in [1.165, 1.54) is 47.8 Å². The fraction of sp³-hybridized carbons (Fsp3) is 0.548. The first-order valence-electron chi connectivity index (χ1n) is 15.5. The Bertz CT molecular complexity index is 1690. The van der Waals surface area contributed by atoms with Crippen LogP contribution in [-0.4, -0.2) is 72.5 Å². The molecule has 0 spiro atoms. The lowest BCUT2D eigenvalue weighted by molar-refractivity contribution is -0.190. The van der Waals surface area contributed by atoms with Crippen molar-refractivity contribution in [3.05, 3.63) is 53.4 Å². The van der Waals surface area contributed by atoms with E-state index in [9.17, 15) is 26.4 Å². The van der Waals surface area contributed by atoms with E-state index in [4.69, 9.17) is 16.3 Å². The highest BCUT2D eigenvalue weighted by atomic mass is 35.5. The number of halogens is 6. The standard InChI is InChI=1S/C31H39ClF3N7O4S.2ClH/c1-29(2)18-21(19-37-29)6-4-5-15-41(3)24-9-7-22(20-36-24)47(44,45)40-28(43)23-8-10-25(38-27(23)32)42-16-11-26(39-42)46-17-14-30(12-13-30)31(33,34)35;;/h7-11,16,20-21,37H,4-6,12-15,17-19H2,1-3H3,(H,40,43);2*1H. The van der Waals surface area contributed by atoms with Crippen LogP contribution in [-0.2, 0) is 10.0 Å². The van der Waals surface area contributed by atoms with Gasteiger partial charge in [0, 0.05) is 37.6 Å². The van der Waals surface area contributed by atoms with Crippen LogP contribution in [0, 0.1) is 11.3 Å². The third-order valence-corrected chi connectivity index (χ3v) is 10.4. The average molecular weight is 771 g/mol. The van der Waals surface area contributed by atoms with E-state index in [1.807, 2.05) is 16.7 Å². The molecule has 18 heteroatoms. The maximum Gasteiger partial charge on any atom is 0.394 e. The summed E-state index contributed by atoms with van der Waals surface area (Å²) in [6.45, 7) is 6.13. The van der Waals surface area contributed by atoms with Crippen molar-refractivity contribution < 1.29 is 31.1 Å². The molecule has 3 aromatic heterocycles. The van der Waals surface area contributed by atoms with E-state index in [-0.39, 0.29) is 83.5 Å². The average Bonchev–Trinajstić information content (AvgIpc) is 3.53. The molecule has 1 aliphatic heterocycles. The number of ether oxygens (including phenoxy) is 1. The summed E-state index contributed by atoms with van der Waals surface area (Å²) in [5.74, 6) is 0.592. The van der Waals surface area contributed by atoms with Crippen molar-refractivity contribution >= 4 is 58.2 Å². The Labute approximate surface area is 301 Å². The van der Waals surface area contributed by atoms with Crippen LogP contribution in [0.1, 0.15) is 69.2 Å². The van der Waals surface area contributed by atoms with Crippen molar-refractivity contribution in [2.75, 3.05) is 31.6 Å². The van der Waals surface area contributed by atoms with Gasteiger partial charge in [0.1, 0.15) is 15.9 Å². The molecule has 1 saturated heterocycles. The summed E-state index contributed by atoms with van der Waals surface area (Å²) in [7, 11) is -2.37. The Balaban J connectivity index is 0.00000325. The van der Waals surface area contributed by atoms with Crippen molar-refractivity contribution in [3.63, 3.8) is 0 Å². The Hall–Kier alpha value is -2.85. The number of carbonyl (C=O) groups excluding carboxylic acids is 1. The second-order valence-corrected chi connectivity index (χ2v) is 15.1. The molecule has 1 aliphatic carbocycles. The van der Waals surface area contributed by atoms with E-state index in [2.05, 4.69) is 34.2 Å². The molecule has 0 radical (unpaired) electrons. The predicted octanol–water partition coefficient (Wildman–Crippen LogP) is 6.38. The molecule has 49 heavy (non-hydrogen) atoms. The molecule has 2 fully saturated rings. The summed E-state index contributed by atoms with van der Waals surface area (Å²) >= 11 is 6.23. The number of pyridine rings is 2. The quantitative estimate of drug-likeness (QED) is 0.142. The van der Waals surface area contributed by atoms with Gasteiger partial charge in [0.15, 0.2) is 5.82 Å². The lowest BCUT2D eigenvalue weighted by atomic mass is 9.93. The van der Waals surface area contributed by atoms with Gasteiger partial charge in [0.2, 0.25) is 5.88 Å². The van der Waals surface area contributed by atoms with Gasteiger partial charge in [-0.15, -0.1) is 29.9 Å². The van der Waals surface area contributed by atoms with Gasteiger partial charge >= 0.3 is 6.18 Å². The van der Waals surface area contributed by atoms with Gasteiger partial charge in [-0.3, -0.25) is 4.79 Å². The number of nitrogens with one attached hydrogen (secondary N) is 2. The number of amides is 1. The number of hydrogen-bond donors (Lipinski definition) is 2. The number of alkyl halides is 3. The zero-order valence-electron chi connectivity index (χ0n) is 27.3. The van der Waals surface area contributed by atoms with Gasteiger partial charge in [0.25, 0.3) is 15.9 Å². The van der Waals surface area contributed by atoms with E-state index < -0.39 is 27.5 Å². The minimum Gasteiger partial charge on any atom is -0.477 e. The summed E-state index contributed by atoms with van der Waals surface area (Å²) in [4.78, 5) is 23.0. The highest BCUT2D eigenvalue weighted by Crippen LogP contribution is 2.59. The molecule has 272 valence electrons. The second-order valence-electron chi connectivity index (χ2n) is 13.0. The molecule has 11 nitrogen and oxygen atoms in total. The number of unbranched alkanes of at least 4 members (excludes halogenated alkanes) is 1. The van der Waals surface area contributed by atoms with Gasteiger partial charge in [-0.1, -0.05) is 18.0 Å². The first-order chi connectivity index (χ1) is 22.1. The molecule has 2 N–H and O–H groups in total. The summed E-state index contributed by atoms with van der Waals surface area (Å²) in [6, 6.07) is 7.12. The highest BCUT2D eigenvalue weighted by molar-refractivity contribution is 7.90. The van der Waals surface area contributed by atoms with Gasteiger partial charge in [-0.2, -0.15) is 13.2 Å². The van der Waals surface area contributed by atoms with Crippen molar-refractivity contribution in [3.8, 4) is 11.7 Å². The van der Waals surface area contributed by atoms with Crippen molar-refractivity contribution in [2.24, 2.45) is 11.3 Å². The van der Waals surface area contributed by atoms with Crippen LogP contribution in [0.5, 0.6) is 5.88 Å². The largest absolute Gasteiger partial charge is 0.477 e. The fourth-order valence-corrected chi connectivity index (χ4v) is 6.94. The monoisotopic (exact) mass is 769 g/mol. The molecule has 1 unspecified atom stereocenters. The molecule has 1 amide bonds. The van der Waals surface area contributed by atoms with Crippen LogP contribution in [0.3, 0.4) is 0 Å². The molecule has 2 aliphatic rings. The van der Waals surface area contributed by atoms with E-state index in [0.29, 0.717) is 11.7 Å². The number of nitrogens with zero attached hydrogens (tertiary/aromatic N) is 5. The van der Waals surface area contributed by atoms with Crippen LogP contribution < -0.4 is 19.7 Å². The lowest BCUT2D eigenvalue weighted by Crippen LogP contribution is -2.31. The van der Waals surface area contributed by atoms with Crippen LogP contribution in [0.15, 0.2) is 47.6 Å². The van der Waals surface area contributed by atoms with E-state index in [1.54, 1.807) is 6.07 Å². The number of anilines is 1. The molecule has 0 aromatic carbocycles. The number of sulfonamides is 1. The van der Waals surface area contributed by atoms with Crippen LogP contribution in [0.25, 0.3) is 5.82 Å². The predicted molar refractivity (Wildman–Crippen MR) is 185 cm³/mol. The summed E-state index contributed by atoms with van der Waals surface area (Å²) in [5.41, 5.74) is -1.65. The zero-order valence-corrected chi connectivity index (χ0v) is 30.5. The van der Waals surface area contributed by atoms with Crippen LogP contribution in [0.2, 0.25) is 5.15 Å². The Morgan fingerprint density at radius 1 is 1.16 bits per heavy atom.